The number of hydrogen-bond donors (Lipinski definition) is 1. The van der Waals surface area contributed by atoms with Crippen LogP contribution in [-0.2, 0) is 0 Å². The van der Waals surface area contributed by atoms with Gasteiger partial charge in [-0.2, -0.15) is 4.39 Å². The molecule has 2 N–H and O–H groups in total. The van der Waals surface area contributed by atoms with Gasteiger partial charge in [-0.25, -0.2) is 4.98 Å². The normalized spacial score (nSPS) is 11.5. The summed E-state index contributed by atoms with van der Waals surface area (Å²) in [6.45, 7) is 0. The Morgan fingerprint density at radius 2 is 2.00 bits per heavy atom. The lowest BCUT2D eigenvalue weighted by molar-refractivity contribution is -0.275. The van der Waals surface area contributed by atoms with E-state index in [0.29, 0.717) is 0 Å². The maximum Gasteiger partial charge on any atom is 0.573 e. The smallest absolute Gasteiger partial charge is 0.399 e. The second-order valence-corrected chi connectivity index (χ2v) is 2.59. The molecule has 0 spiro atoms. The summed E-state index contributed by atoms with van der Waals surface area (Å²) in [7, 11) is 0. The van der Waals surface area contributed by atoms with E-state index in [4.69, 9.17) is 17.3 Å². The van der Waals surface area contributed by atoms with Gasteiger partial charge in [-0.3, -0.25) is 0 Å². The van der Waals surface area contributed by atoms with E-state index in [2.05, 4.69) is 9.72 Å². The molecule has 1 rings (SSSR count). The van der Waals surface area contributed by atoms with Crippen LogP contribution in [0, 0.1) is 5.95 Å². The molecule has 0 atom stereocenters. The summed E-state index contributed by atoms with van der Waals surface area (Å²) in [5.41, 5.74) is 4.47. The van der Waals surface area contributed by atoms with Crippen LogP contribution in [0.2, 0.25) is 5.15 Å². The van der Waals surface area contributed by atoms with Gasteiger partial charge in [0.15, 0.2) is 0 Å². The van der Waals surface area contributed by atoms with Crippen LogP contribution < -0.4 is 10.5 Å². The van der Waals surface area contributed by atoms with Crippen molar-refractivity contribution in [1.82, 2.24) is 4.98 Å². The molecule has 0 bridgehead atoms. The molecule has 0 aliphatic carbocycles. The quantitative estimate of drug-likeness (QED) is 0.595. The zero-order valence-corrected chi connectivity index (χ0v) is 7.16. The first-order valence-electron chi connectivity index (χ1n) is 3.17. The standard InChI is InChI=1S/C6H3ClF4N2O/c7-3-1-2(12)4(5(8)13-3)14-6(9,10)11/h1H,(H2,12,13). The summed E-state index contributed by atoms with van der Waals surface area (Å²) >= 11 is 5.23. The van der Waals surface area contributed by atoms with Crippen LogP contribution >= 0.6 is 11.6 Å². The third-order valence-electron chi connectivity index (χ3n) is 1.15. The highest BCUT2D eigenvalue weighted by atomic mass is 35.5. The molecule has 0 aliphatic heterocycles. The number of hydrogen-bond acceptors (Lipinski definition) is 3. The van der Waals surface area contributed by atoms with Gasteiger partial charge >= 0.3 is 6.36 Å². The van der Waals surface area contributed by atoms with Crippen molar-refractivity contribution in [1.29, 1.82) is 0 Å². The van der Waals surface area contributed by atoms with Crippen LogP contribution in [0.3, 0.4) is 0 Å². The molecule has 1 heterocycles. The van der Waals surface area contributed by atoms with Crippen molar-refractivity contribution < 1.29 is 22.3 Å². The summed E-state index contributed by atoms with van der Waals surface area (Å²) in [5.74, 6) is -2.69. The molecular weight excluding hydrogens is 228 g/mol. The second kappa shape index (κ2) is 3.49. The molecule has 0 amide bonds. The third-order valence-corrected chi connectivity index (χ3v) is 1.34. The molecular formula is C6H3ClF4N2O. The van der Waals surface area contributed by atoms with E-state index >= 15 is 0 Å². The van der Waals surface area contributed by atoms with E-state index in [1.54, 1.807) is 0 Å². The molecule has 0 saturated heterocycles. The average molecular weight is 231 g/mol. The monoisotopic (exact) mass is 230 g/mol. The predicted molar refractivity (Wildman–Crippen MR) is 40.3 cm³/mol. The highest BCUT2D eigenvalue weighted by Gasteiger charge is 2.34. The second-order valence-electron chi connectivity index (χ2n) is 2.20. The minimum atomic E-state index is -5.02. The van der Waals surface area contributed by atoms with Crippen LogP contribution in [0.4, 0.5) is 23.2 Å². The molecule has 0 aromatic carbocycles. The van der Waals surface area contributed by atoms with Crippen LogP contribution in [0.25, 0.3) is 0 Å². The fourth-order valence-corrected chi connectivity index (χ4v) is 0.898. The summed E-state index contributed by atoms with van der Waals surface area (Å²) in [5, 5.41) is -0.352. The number of alkyl halides is 3. The molecule has 1 aromatic heterocycles. The van der Waals surface area contributed by atoms with Crippen LogP contribution in [0.15, 0.2) is 6.07 Å². The van der Waals surface area contributed by atoms with Crippen molar-refractivity contribution >= 4 is 17.3 Å². The predicted octanol–water partition coefficient (Wildman–Crippen LogP) is 2.35. The molecule has 8 heteroatoms. The zero-order valence-electron chi connectivity index (χ0n) is 6.40. The molecule has 3 nitrogen and oxygen atoms in total. The maximum absolute atomic E-state index is 12.7. The van der Waals surface area contributed by atoms with E-state index in [0.717, 1.165) is 6.07 Å². The highest BCUT2D eigenvalue weighted by Crippen LogP contribution is 2.31. The largest absolute Gasteiger partial charge is 0.573 e. The first kappa shape index (κ1) is 10.8. The summed E-state index contributed by atoms with van der Waals surface area (Å²) in [4.78, 5) is 2.91. The molecule has 14 heavy (non-hydrogen) atoms. The van der Waals surface area contributed by atoms with Gasteiger partial charge in [0.1, 0.15) is 5.15 Å². The highest BCUT2D eigenvalue weighted by molar-refractivity contribution is 6.29. The lowest BCUT2D eigenvalue weighted by atomic mass is 10.4. The van der Waals surface area contributed by atoms with Crippen molar-refractivity contribution in [2.24, 2.45) is 0 Å². The molecule has 0 saturated carbocycles. The fraction of sp³-hybridized carbons (Fsp3) is 0.167. The molecule has 0 radical (unpaired) electrons. The van der Waals surface area contributed by atoms with Gasteiger partial charge < -0.3 is 10.5 Å². The first-order valence-corrected chi connectivity index (χ1v) is 3.54. The summed E-state index contributed by atoms with van der Waals surface area (Å²) in [6, 6.07) is 0.853. The van der Waals surface area contributed by atoms with E-state index in [1.165, 1.54) is 0 Å². The van der Waals surface area contributed by atoms with Crippen LogP contribution in [-0.4, -0.2) is 11.3 Å². The Balaban J connectivity index is 3.09. The number of nitrogen functional groups attached to an aromatic ring is 1. The summed E-state index contributed by atoms with van der Waals surface area (Å²) < 4.78 is 51.1. The van der Waals surface area contributed by atoms with E-state index in [-0.39, 0.29) is 5.15 Å². The number of anilines is 1. The van der Waals surface area contributed by atoms with Gasteiger partial charge in [-0.05, 0) is 0 Å². The van der Waals surface area contributed by atoms with Crippen LogP contribution in [0.1, 0.15) is 0 Å². The van der Waals surface area contributed by atoms with Gasteiger partial charge in [-0.15, -0.1) is 13.2 Å². The Hall–Kier alpha value is -1.24. The van der Waals surface area contributed by atoms with Gasteiger partial charge in [0, 0.05) is 6.07 Å². The number of pyridine rings is 1. The number of ether oxygens (including phenoxy) is 1. The number of halogens is 5. The maximum atomic E-state index is 12.7. The van der Waals surface area contributed by atoms with Gasteiger partial charge in [0.05, 0.1) is 5.69 Å². The van der Waals surface area contributed by atoms with Gasteiger partial charge in [-0.1, -0.05) is 11.6 Å². The third kappa shape index (κ3) is 2.63. The van der Waals surface area contributed by atoms with Gasteiger partial charge in [0.2, 0.25) is 5.75 Å². The number of aromatic nitrogens is 1. The topological polar surface area (TPSA) is 48.1 Å². The minimum Gasteiger partial charge on any atom is -0.399 e. The molecule has 1 aromatic rings. The molecule has 0 fully saturated rings. The molecule has 0 aliphatic rings. The number of nitrogens with zero attached hydrogens (tertiary/aromatic N) is 1. The SMILES string of the molecule is Nc1cc(Cl)nc(F)c1OC(F)(F)F. The first-order chi connectivity index (χ1) is 6.29. The van der Waals surface area contributed by atoms with Crippen molar-refractivity contribution in [2.45, 2.75) is 6.36 Å². The number of rotatable bonds is 1. The Bertz CT molecular complexity index is 331. The van der Waals surface area contributed by atoms with Crippen molar-refractivity contribution in [3.63, 3.8) is 0 Å². The van der Waals surface area contributed by atoms with E-state index in [9.17, 15) is 17.6 Å². The Kier molecular flexibility index (Phi) is 2.70. The molecule has 0 unspecified atom stereocenters. The van der Waals surface area contributed by atoms with Crippen LogP contribution in [0.5, 0.6) is 5.75 Å². The van der Waals surface area contributed by atoms with Crippen molar-refractivity contribution in [3.8, 4) is 5.75 Å². The Morgan fingerprint density at radius 3 is 2.43 bits per heavy atom. The molecule has 78 valence electrons. The van der Waals surface area contributed by atoms with E-state index in [1.807, 2.05) is 0 Å². The average Bonchev–Trinajstić information content (AvgIpc) is 1.95. The van der Waals surface area contributed by atoms with Gasteiger partial charge in [0.25, 0.3) is 5.95 Å². The van der Waals surface area contributed by atoms with Crippen molar-refractivity contribution in [2.75, 3.05) is 5.73 Å². The Labute approximate surface area is 80.4 Å². The summed E-state index contributed by atoms with van der Waals surface area (Å²) in [6.07, 6.45) is -5.02. The fourth-order valence-electron chi connectivity index (χ4n) is 0.707. The lowest BCUT2D eigenvalue weighted by Crippen LogP contribution is -2.19. The minimum absolute atomic E-state index is 0.352. The van der Waals surface area contributed by atoms with Crippen molar-refractivity contribution in [3.05, 3.63) is 17.2 Å². The lowest BCUT2D eigenvalue weighted by Gasteiger charge is -2.10. The number of nitrogens with two attached hydrogens (primary N) is 1. The Morgan fingerprint density at radius 1 is 1.43 bits per heavy atom. The van der Waals surface area contributed by atoms with E-state index < -0.39 is 23.7 Å². The zero-order chi connectivity index (χ0) is 10.9.